The molecule has 0 N–H and O–H groups in total. The van der Waals surface area contributed by atoms with Gasteiger partial charge < -0.3 is 0 Å². The van der Waals surface area contributed by atoms with Crippen molar-refractivity contribution in [3.63, 3.8) is 0 Å². The maximum atomic E-state index is 10.4. The van der Waals surface area contributed by atoms with E-state index in [1.807, 2.05) is 30.3 Å². The number of hydrogen-bond acceptors (Lipinski definition) is 2. The van der Waals surface area contributed by atoms with Gasteiger partial charge in [-0.05, 0) is 0 Å². The molecule has 0 aliphatic heterocycles. The van der Waals surface area contributed by atoms with Gasteiger partial charge in [0.1, 0.15) is 0 Å². The van der Waals surface area contributed by atoms with Gasteiger partial charge in [-0.1, -0.05) is 0 Å². The molecule has 0 heterocycles. The van der Waals surface area contributed by atoms with E-state index in [0.29, 0.717) is 6.61 Å². The van der Waals surface area contributed by atoms with Crippen LogP contribution >= 0.6 is 9.95 Å². The Bertz CT molecular complexity index is 237. The Balaban J connectivity index is 2.45. The molecule has 2 nitrogen and oxygen atoms in total. The van der Waals surface area contributed by atoms with E-state index >= 15 is 0 Å². The first-order chi connectivity index (χ1) is 5.29. The second-order valence-electron chi connectivity index (χ2n) is 2.01. The van der Waals surface area contributed by atoms with Crippen LogP contribution < -0.4 is 0 Å². The van der Waals surface area contributed by atoms with Gasteiger partial charge >= 0.3 is 73.9 Å². The molecule has 11 heavy (non-hydrogen) atoms. The van der Waals surface area contributed by atoms with Crippen molar-refractivity contribution in [2.24, 2.45) is 0 Å². The molecule has 60 valence electrons. The molecule has 1 rings (SSSR count). The quantitative estimate of drug-likeness (QED) is 0.743. The van der Waals surface area contributed by atoms with Gasteiger partial charge in [0.2, 0.25) is 0 Å². The molecule has 0 aliphatic rings. The van der Waals surface area contributed by atoms with Gasteiger partial charge in [0.05, 0.1) is 0 Å². The minimum atomic E-state index is -2.85. The van der Waals surface area contributed by atoms with Crippen molar-refractivity contribution in [1.82, 2.24) is 0 Å². The summed E-state index contributed by atoms with van der Waals surface area (Å²) in [5.74, 6) is 0. The van der Waals surface area contributed by atoms with Crippen molar-refractivity contribution in [2.75, 3.05) is 0 Å². The van der Waals surface area contributed by atoms with E-state index in [2.05, 4.69) is 0 Å². The number of hydrogen-bond donors (Lipinski definition) is 0. The average molecular weight is 235 g/mol. The van der Waals surface area contributed by atoms with Crippen molar-refractivity contribution >= 4 is 23.9 Å². The van der Waals surface area contributed by atoms with Crippen LogP contribution in [0.3, 0.4) is 0 Å². The van der Waals surface area contributed by atoms with Gasteiger partial charge in [-0.3, -0.25) is 0 Å². The van der Waals surface area contributed by atoms with Crippen molar-refractivity contribution < 1.29 is 7.47 Å². The molecule has 0 radical (unpaired) electrons. The molecule has 0 amide bonds. The zero-order valence-corrected chi connectivity index (χ0v) is 8.64. The first-order valence-electron chi connectivity index (χ1n) is 3.15. The van der Waals surface area contributed by atoms with Crippen LogP contribution in [-0.2, 0) is 14.1 Å². The van der Waals surface area contributed by atoms with Gasteiger partial charge in [0.15, 0.2) is 0 Å². The Morgan fingerprint density at radius 1 is 1.36 bits per heavy atom. The van der Waals surface area contributed by atoms with Crippen molar-refractivity contribution in [2.45, 2.75) is 6.61 Å². The predicted octanol–water partition coefficient (Wildman–Crippen LogP) is 1.59. The Hall–Kier alpha value is -0.172. The molecular weight excluding hydrogens is 226 g/mol. The van der Waals surface area contributed by atoms with Crippen LogP contribution in [0.5, 0.6) is 0 Å². The van der Waals surface area contributed by atoms with E-state index in [1.54, 1.807) is 0 Å². The molecule has 0 spiro atoms. The Labute approximate surface area is 74.1 Å². The maximum absolute atomic E-state index is 10.4. The van der Waals surface area contributed by atoms with Crippen LogP contribution in [0, 0.1) is 0 Å². The van der Waals surface area contributed by atoms with Gasteiger partial charge in [0, 0.05) is 0 Å². The zero-order valence-electron chi connectivity index (χ0n) is 5.79. The molecule has 0 fully saturated rings. The fourth-order valence-electron chi connectivity index (χ4n) is 0.714. The monoisotopic (exact) mass is 234 g/mol. The van der Waals surface area contributed by atoms with Crippen LogP contribution in [0.1, 0.15) is 5.56 Å². The van der Waals surface area contributed by atoms with Gasteiger partial charge in [0.25, 0.3) is 0 Å². The van der Waals surface area contributed by atoms with E-state index in [0.717, 1.165) is 5.56 Å². The van der Waals surface area contributed by atoms with Crippen LogP contribution in [0.2, 0.25) is 0 Å². The molecule has 1 atom stereocenters. The Kier molecular flexibility index (Phi) is 3.77. The topological polar surface area (TPSA) is 26.3 Å². The van der Waals surface area contributed by atoms with E-state index < -0.39 is 14.0 Å². The summed E-state index contributed by atoms with van der Waals surface area (Å²) in [6.07, 6.45) is 0. The predicted molar refractivity (Wildman–Crippen MR) is 44.9 cm³/mol. The molecule has 4 heteroatoms. The SMILES string of the molecule is O=[AsH](Cl)OCc1ccccc1. The summed E-state index contributed by atoms with van der Waals surface area (Å²) < 4.78 is 15.2. The number of halogens is 1. The van der Waals surface area contributed by atoms with E-state index in [9.17, 15) is 3.74 Å². The third-order valence-corrected chi connectivity index (χ3v) is 2.54. The summed E-state index contributed by atoms with van der Waals surface area (Å²) in [4.78, 5) is 0. The van der Waals surface area contributed by atoms with Gasteiger partial charge in [-0.25, -0.2) is 0 Å². The molecule has 1 aromatic rings. The average Bonchev–Trinajstić information content (AvgIpc) is 2.03. The Morgan fingerprint density at radius 2 is 2.00 bits per heavy atom. The molecule has 0 aliphatic carbocycles. The second-order valence-corrected chi connectivity index (χ2v) is 5.22. The van der Waals surface area contributed by atoms with E-state index in [-0.39, 0.29) is 0 Å². The summed E-state index contributed by atoms with van der Waals surface area (Å²) in [6, 6.07) is 9.52. The van der Waals surface area contributed by atoms with Gasteiger partial charge in [-0.15, -0.1) is 0 Å². The van der Waals surface area contributed by atoms with Gasteiger partial charge in [-0.2, -0.15) is 0 Å². The summed E-state index contributed by atoms with van der Waals surface area (Å²) in [6.45, 7) is 0.350. The molecule has 0 aromatic heterocycles. The third kappa shape index (κ3) is 3.66. The van der Waals surface area contributed by atoms with Crippen molar-refractivity contribution in [3.05, 3.63) is 35.9 Å². The summed E-state index contributed by atoms with van der Waals surface area (Å²) >= 11 is -2.85. The molecular formula is C7H8AsClO2. The van der Waals surface area contributed by atoms with Crippen LogP contribution in [0.15, 0.2) is 30.3 Å². The third-order valence-electron chi connectivity index (χ3n) is 1.20. The molecule has 0 saturated carbocycles. The summed E-state index contributed by atoms with van der Waals surface area (Å²) in [7, 11) is 5.22. The fourth-order valence-corrected chi connectivity index (χ4v) is 1.59. The van der Waals surface area contributed by atoms with Crippen LogP contribution in [0.25, 0.3) is 0 Å². The molecule has 1 aromatic carbocycles. The van der Waals surface area contributed by atoms with E-state index in [4.69, 9.17) is 13.7 Å². The second kappa shape index (κ2) is 4.65. The van der Waals surface area contributed by atoms with E-state index in [1.165, 1.54) is 0 Å². The van der Waals surface area contributed by atoms with Crippen molar-refractivity contribution in [1.29, 1.82) is 0 Å². The first kappa shape index (κ1) is 8.92. The summed E-state index contributed by atoms with van der Waals surface area (Å²) in [5, 5.41) is 0. The number of benzene rings is 1. The molecule has 1 unspecified atom stereocenters. The summed E-state index contributed by atoms with van der Waals surface area (Å²) in [5.41, 5.74) is 0.994. The van der Waals surface area contributed by atoms with Crippen LogP contribution in [-0.4, -0.2) is 14.0 Å². The molecule has 0 saturated heterocycles. The number of rotatable bonds is 3. The fraction of sp³-hybridized carbons (Fsp3) is 0.143. The normalized spacial score (nSPS) is 12.8. The standard InChI is InChI=1S/C7H8AsClO2/c9-8(10)11-6-7-4-2-1-3-5-7/h1-5,8H,6H2. The zero-order chi connectivity index (χ0) is 8.10. The van der Waals surface area contributed by atoms with Crippen molar-refractivity contribution in [3.8, 4) is 0 Å². The molecule has 0 bridgehead atoms. The van der Waals surface area contributed by atoms with Crippen LogP contribution in [0.4, 0.5) is 0 Å². The first-order valence-corrected chi connectivity index (χ1v) is 7.62. The minimum absolute atomic E-state index is 0.350. The Morgan fingerprint density at radius 3 is 2.55 bits per heavy atom.